The number of nitrogens with one attached hydrogen (secondary N) is 1. The lowest BCUT2D eigenvalue weighted by molar-refractivity contribution is -0.114. The van der Waals surface area contributed by atoms with Crippen molar-refractivity contribution >= 4 is 28.2 Å². The minimum Gasteiger partial charge on any atom is -0.497 e. The van der Waals surface area contributed by atoms with Crippen molar-refractivity contribution in [3.8, 4) is 22.9 Å². The Morgan fingerprint density at radius 2 is 2.00 bits per heavy atom. The molecular formula is C22H23N3O6S. The number of esters is 1. The van der Waals surface area contributed by atoms with E-state index in [1.54, 1.807) is 25.3 Å². The van der Waals surface area contributed by atoms with Gasteiger partial charge in [-0.3, -0.25) is 4.79 Å². The third kappa shape index (κ3) is 4.45. The van der Waals surface area contributed by atoms with Crippen LogP contribution in [0.2, 0.25) is 0 Å². The number of rotatable bonds is 7. The first-order valence-corrected chi connectivity index (χ1v) is 11.0. The molecule has 9 nitrogen and oxygen atoms in total. The summed E-state index contributed by atoms with van der Waals surface area (Å²) >= 11 is 1.44. The number of aryl methyl sites for hydroxylation is 1. The summed E-state index contributed by atoms with van der Waals surface area (Å²) in [4.78, 5) is 29.9. The molecule has 32 heavy (non-hydrogen) atoms. The molecule has 0 aliphatic heterocycles. The van der Waals surface area contributed by atoms with Crippen LogP contribution in [0.5, 0.6) is 11.5 Å². The molecule has 2 aromatic heterocycles. The highest BCUT2D eigenvalue weighted by molar-refractivity contribution is 7.17. The smallest absolute Gasteiger partial charge is 0.341 e. The second-order valence-electron chi connectivity index (χ2n) is 7.25. The summed E-state index contributed by atoms with van der Waals surface area (Å²) in [6.45, 7) is 1.23. The zero-order valence-electron chi connectivity index (χ0n) is 18.0. The van der Waals surface area contributed by atoms with E-state index < -0.39 is 5.97 Å². The van der Waals surface area contributed by atoms with E-state index in [9.17, 15) is 9.59 Å². The van der Waals surface area contributed by atoms with Crippen molar-refractivity contribution in [2.24, 2.45) is 0 Å². The number of benzene rings is 1. The summed E-state index contributed by atoms with van der Waals surface area (Å²) < 4.78 is 21.3. The zero-order chi connectivity index (χ0) is 22.7. The maximum absolute atomic E-state index is 12.9. The van der Waals surface area contributed by atoms with Gasteiger partial charge in [0.1, 0.15) is 16.5 Å². The number of methoxy groups -OCH3 is 2. The lowest BCUT2D eigenvalue weighted by atomic mass is 9.95. The van der Waals surface area contributed by atoms with E-state index in [0.29, 0.717) is 33.5 Å². The SMILES string of the molecule is COc1ccc(-c2noc(COC(=O)c3c(NC(C)=O)sc4c3CCCC4)n2)c(OC)c1. The minimum atomic E-state index is -0.519. The fourth-order valence-corrected chi connectivity index (χ4v) is 4.96. The Bertz CT molecular complexity index is 1150. The molecule has 10 heteroatoms. The van der Waals surface area contributed by atoms with Crippen LogP contribution in [0.25, 0.3) is 11.4 Å². The first-order valence-electron chi connectivity index (χ1n) is 10.1. The maximum Gasteiger partial charge on any atom is 0.341 e. The van der Waals surface area contributed by atoms with Gasteiger partial charge in [-0.15, -0.1) is 11.3 Å². The van der Waals surface area contributed by atoms with Gasteiger partial charge in [-0.1, -0.05) is 5.16 Å². The average molecular weight is 458 g/mol. The standard InChI is InChI=1S/C22H23N3O6S/c1-12(26)23-21-19(15-6-4-5-7-17(15)32-21)22(27)30-11-18-24-20(25-31-18)14-9-8-13(28-2)10-16(14)29-3/h8-10H,4-7,11H2,1-3H3,(H,23,26). The summed E-state index contributed by atoms with van der Waals surface area (Å²) in [6.07, 6.45) is 3.76. The van der Waals surface area contributed by atoms with Gasteiger partial charge < -0.3 is 24.1 Å². The molecule has 1 aromatic carbocycles. The third-order valence-corrected chi connectivity index (χ3v) is 6.32. The quantitative estimate of drug-likeness (QED) is 0.530. The Labute approximate surface area is 188 Å². The lowest BCUT2D eigenvalue weighted by Crippen LogP contribution is -2.13. The van der Waals surface area contributed by atoms with Crippen LogP contribution < -0.4 is 14.8 Å². The third-order valence-electron chi connectivity index (χ3n) is 5.11. The van der Waals surface area contributed by atoms with Gasteiger partial charge in [-0.2, -0.15) is 4.98 Å². The van der Waals surface area contributed by atoms with Gasteiger partial charge >= 0.3 is 5.97 Å². The van der Waals surface area contributed by atoms with Crippen LogP contribution in [0.15, 0.2) is 22.7 Å². The second-order valence-corrected chi connectivity index (χ2v) is 8.36. The highest BCUT2D eigenvalue weighted by Gasteiger charge is 2.27. The number of aromatic nitrogens is 2. The Morgan fingerprint density at radius 1 is 1.19 bits per heavy atom. The summed E-state index contributed by atoms with van der Waals surface area (Å²) in [5, 5.41) is 7.26. The molecule has 1 aliphatic rings. The molecule has 0 fully saturated rings. The minimum absolute atomic E-state index is 0.149. The van der Waals surface area contributed by atoms with Crippen molar-refractivity contribution in [2.45, 2.75) is 39.2 Å². The van der Waals surface area contributed by atoms with Gasteiger partial charge in [0.05, 0.1) is 25.3 Å². The van der Waals surface area contributed by atoms with Crippen LogP contribution in [-0.4, -0.2) is 36.2 Å². The van der Waals surface area contributed by atoms with Gasteiger partial charge in [-0.05, 0) is 43.4 Å². The van der Waals surface area contributed by atoms with Gasteiger partial charge in [-0.25, -0.2) is 4.79 Å². The van der Waals surface area contributed by atoms with E-state index in [4.69, 9.17) is 18.7 Å². The predicted molar refractivity (Wildman–Crippen MR) is 117 cm³/mol. The molecule has 2 heterocycles. The van der Waals surface area contributed by atoms with Crippen molar-refractivity contribution in [3.05, 3.63) is 40.1 Å². The van der Waals surface area contributed by atoms with Crippen LogP contribution >= 0.6 is 11.3 Å². The lowest BCUT2D eigenvalue weighted by Gasteiger charge is -2.12. The van der Waals surface area contributed by atoms with Crippen LogP contribution in [-0.2, 0) is 29.0 Å². The number of hydrogen-bond donors (Lipinski definition) is 1. The first kappa shape index (κ1) is 21.8. The van der Waals surface area contributed by atoms with Crippen LogP contribution in [0, 0.1) is 0 Å². The molecule has 0 saturated heterocycles. The normalized spacial score (nSPS) is 12.7. The number of hydrogen-bond acceptors (Lipinski definition) is 9. The predicted octanol–water partition coefficient (Wildman–Crippen LogP) is 4.01. The van der Waals surface area contributed by atoms with Gasteiger partial charge in [0.15, 0.2) is 6.61 Å². The van der Waals surface area contributed by atoms with E-state index in [0.717, 1.165) is 36.1 Å². The molecular weight excluding hydrogens is 434 g/mol. The number of carbonyl (C=O) groups is 2. The summed E-state index contributed by atoms with van der Waals surface area (Å²) in [5.74, 6) is 0.872. The van der Waals surface area contributed by atoms with Crippen LogP contribution in [0.3, 0.4) is 0 Å². The maximum atomic E-state index is 12.9. The molecule has 1 amide bonds. The highest BCUT2D eigenvalue weighted by atomic mass is 32.1. The van der Waals surface area contributed by atoms with Gasteiger partial charge in [0.25, 0.3) is 5.89 Å². The van der Waals surface area contributed by atoms with E-state index >= 15 is 0 Å². The molecule has 0 atom stereocenters. The second kappa shape index (κ2) is 9.39. The number of anilines is 1. The molecule has 0 unspecified atom stereocenters. The van der Waals surface area contributed by atoms with E-state index in [2.05, 4.69) is 15.5 Å². The van der Waals surface area contributed by atoms with Crippen molar-refractivity contribution in [3.63, 3.8) is 0 Å². The highest BCUT2D eigenvalue weighted by Crippen LogP contribution is 2.38. The number of carbonyl (C=O) groups excluding carboxylic acids is 2. The Morgan fingerprint density at radius 3 is 2.75 bits per heavy atom. The largest absolute Gasteiger partial charge is 0.497 e. The fraction of sp³-hybridized carbons (Fsp3) is 0.364. The summed E-state index contributed by atoms with van der Waals surface area (Å²) in [6, 6.07) is 5.24. The number of amides is 1. The van der Waals surface area contributed by atoms with Crippen molar-refractivity contribution in [2.75, 3.05) is 19.5 Å². The first-order chi connectivity index (χ1) is 15.5. The molecule has 0 radical (unpaired) electrons. The van der Waals surface area contributed by atoms with E-state index in [-0.39, 0.29) is 18.4 Å². The molecule has 3 aromatic rings. The monoisotopic (exact) mass is 457 g/mol. The molecule has 0 bridgehead atoms. The number of ether oxygens (including phenoxy) is 3. The average Bonchev–Trinajstić information content (AvgIpc) is 3.40. The van der Waals surface area contributed by atoms with Crippen molar-refractivity contribution < 1.29 is 28.3 Å². The Kier molecular flexibility index (Phi) is 6.40. The molecule has 0 spiro atoms. The topological polar surface area (TPSA) is 113 Å². The van der Waals surface area contributed by atoms with Crippen molar-refractivity contribution in [1.29, 1.82) is 0 Å². The summed E-state index contributed by atoms with van der Waals surface area (Å²) in [5.41, 5.74) is 2.01. The number of thiophene rings is 1. The number of fused-ring (bicyclic) bond motifs is 1. The van der Waals surface area contributed by atoms with Gasteiger partial charge in [0, 0.05) is 17.9 Å². The summed E-state index contributed by atoms with van der Waals surface area (Å²) in [7, 11) is 3.10. The molecule has 168 valence electrons. The van der Waals surface area contributed by atoms with Crippen molar-refractivity contribution in [1.82, 2.24) is 10.1 Å². The Hall–Kier alpha value is -3.40. The van der Waals surface area contributed by atoms with Crippen LogP contribution in [0.4, 0.5) is 5.00 Å². The van der Waals surface area contributed by atoms with E-state index in [1.807, 2.05) is 0 Å². The molecule has 4 rings (SSSR count). The zero-order valence-corrected chi connectivity index (χ0v) is 18.8. The number of nitrogens with zero attached hydrogens (tertiary/aromatic N) is 2. The fourth-order valence-electron chi connectivity index (χ4n) is 3.64. The Balaban J connectivity index is 1.51. The molecule has 0 saturated carbocycles. The van der Waals surface area contributed by atoms with Gasteiger partial charge in [0.2, 0.25) is 11.7 Å². The molecule has 1 aliphatic carbocycles. The van der Waals surface area contributed by atoms with E-state index in [1.165, 1.54) is 25.4 Å². The molecule has 1 N–H and O–H groups in total. The van der Waals surface area contributed by atoms with Crippen LogP contribution in [0.1, 0.15) is 46.5 Å².